The van der Waals surface area contributed by atoms with Crippen molar-refractivity contribution in [3.8, 4) is 0 Å². The molecule has 0 bridgehead atoms. The predicted octanol–water partition coefficient (Wildman–Crippen LogP) is 1.59. The molecule has 0 aliphatic rings. The topological polar surface area (TPSA) is 51.1 Å². The summed E-state index contributed by atoms with van der Waals surface area (Å²) in [5.41, 5.74) is 1.20. The first kappa shape index (κ1) is 14.3. The van der Waals surface area contributed by atoms with Crippen LogP contribution in [0.5, 0.6) is 0 Å². The summed E-state index contributed by atoms with van der Waals surface area (Å²) in [7, 11) is -2.88. The number of aromatic nitrogens is 1. The minimum absolute atomic E-state index is 0.215. The van der Waals surface area contributed by atoms with Gasteiger partial charge >= 0.3 is 0 Å². The minimum atomic E-state index is -2.88. The van der Waals surface area contributed by atoms with Crippen LogP contribution in [0.25, 0.3) is 0 Å². The van der Waals surface area contributed by atoms with Gasteiger partial charge in [0.2, 0.25) is 0 Å². The number of hydrogen-bond acceptors (Lipinski definition) is 3. The van der Waals surface area contributed by atoms with Crippen LogP contribution < -0.4 is 5.32 Å². The zero-order valence-electron chi connectivity index (χ0n) is 10.8. The smallest absolute Gasteiger partial charge is 0.151 e. The SMILES string of the molecule is CCNC(C)c1ccn(CCS(=O)(=O)CC)c1. The number of sulfone groups is 1. The van der Waals surface area contributed by atoms with Gasteiger partial charge in [-0.15, -0.1) is 0 Å². The Labute approximate surface area is 104 Å². The minimum Gasteiger partial charge on any atom is -0.353 e. The van der Waals surface area contributed by atoms with Crippen molar-refractivity contribution in [2.24, 2.45) is 0 Å². The molecule has 4 nitrogen and oxygen atoms in total. The fraction of sp³-hybridized carbons (Fsp3) is 0.667. The fourth-order valence-corrected chi connectivity index (χ4v) is 2.45. The van der Waals surface area contributed by atoms with E-state index in [4.69, 9.17) is 0 Å². The molecule has 1 rings (SSSR count). The highest BCUT2D eigenvalue weighted by molar-refractivity contribution is 7.91. The molecule has 1 aromatic rings. The maximum atomic E-state index is 11.4. The Bertz CT molecular complexity index is 437. The largest absolute Gasteiger partial charge is 0.353 e. The van der Waals surface area contributed by atoms with Crippen molar-refractivity contribution in [2.75, 3.05) is 18.1 Å². The van der Waals surface area contributed by atoms with Gasteiger partial charge in [0.25, 0.3) is 0 Å². The molecule has 1 N–H and O–H groups in total. The zero-order chi connectivity index (χ0) is 12.9. The third kappa shape index (κ3) is 4.52. The van der Waals surface area contributed by atoms with Crippen molar-refractivity contribution in [1.29, 1.82) is 0 Å². The molecule has 0 aromatic carbocycles. The monoisotopic (exact) mass is 258 g/mol. The Balaban J connectivity index is 2.57. The van der Waals surface area contributed by atoms with Gasteiger partial charge < -0.3 is 9.88 Å². The first-order valence-corrected chi connectivity index (χ1v) is 7.90. The highest BCUT2D eigenvalue weighted by Gasteiger charge is 2.09. The molecule has 0 aliphatic carbocycles. The normalized spacial score (nSPS) is 13.8. The maximum Gasteiger partial charge on any atom is 0.151 e. The molecule has 0 amide bonds. The van der Waals surface area contributed by atoms with E-state index < -0.39 is 9.84 Å². The van der Waals surface area contributed by atoms with Crippen LogP contribution in [0.2, 0.25) is 0 Å². The third-order valence-electron chi connectivity index (χ3n) is 2.88. The summed E-state index contributed by atoms with van der Waals surface area (Å²) in [6, 6.07) is 2.34. The molecule has 5 heteroatoms. The molecule has 0 fully saturated rings. The molecule has 0 aliphatic heterocycles. The Hall–Kier alpha value is -0.810. The van der Waals surface area contributed by atoms with Gasteiger partial charge in [0.05, 0.1) is 5.75 Å². The van der Waals surface area contributed by atoms with E-state index in [9.17, 15) is 8.42 Å². The second-order valence-electron chi connectivity index (χ2n) is 4.20. The summed E-state index contributed by atoms with van der Waals surface area (Å²) in [6.45, 7) is 7.32. The van der Waals surface area contributed by atoms with Gasteiger partial charge in [0.15, 0.2) is 9.84 Å². The van der Waals surface area contributed by atoms with E-state index in [0.717, 1.165) is 6.54 Å². The Kier molecular flexibility index (Phi) is 5.21. The van der Waals surface area contributed by atoms with E-state index in [1.807, 2.05) is 23.0 Å². The van der Waals surface area contributed by atoms with Gasteiger partial charge in [-0.2, -0.15) is 0 Å². The zero-order valence-corrected chi connectivity index (χ0v) is 11.6. The maximum absolute atomic E-state index is 11.4. The van der Waals surface area contributed by atoms with Crippen molar-refractivity contribution in [2.45, 2.75) is 33.4 Å². The lowest BCUT2D eigenvalue weighted by atomic mass is 10.2. The lowest BCUT2D eigenvalue weighted by Crippen LogP contribution is -2.17. The first-order valence-electron chi connectivity index (χ1n) is 6.08. The summed E-state index contributed by atoms with van der Waals surface area (Å²) in [5, 5.41) is 3.33. The van der Waals surface area contributed by atoms with Crippen molar-refractivity contribution in [3.05, 3.63) is 24.0 Å². The van der Waals surface area contributed by atoms with Crippen LogP contribution in [-0.2, 0) is 16.4 Å². The molecule has 17 heavy (non-hydrogen) atoms. The molecular formula is C12H22N2O2S. The van der Waals surface area contributed by atoms with Gasteiger partial charge in [0.1, 0.15) is 0 Å². The molecule has 1 unspecified atom stereocenters. The van der Waals surface area contributed by atoms with E-state index in [2.05, 4.69) is 19.2 Å². The van der Waals surface area contributed by atoms with Crippen LogP contribution >= 0.6 is 0 Å². The first-order chi connectivity index (χ1) is 7.98. The highest BCUT2D eigenvalue weighted by atomic mass is 32.2. The standard InChI is InChI=1S/C12H22N2O2S/c1-4-13-11(3)12-6-7-14(10-12)8-9-17(15,16)5-2/h6-7,10-11,13H,4-5,8-9H2,1-3H3. The van der Waals surface area contributed by atoms with E-state index in [1.165, 1.54) is 5.56 Å². The molecule has 0 spiro atoms. The molecule has 0 saturated carbocycles. The van der Waals surface area contributed by atoms with Gasteiger partial charge in [-0.05, 0) is 25.1 Å². The summed E-state index contributed by atoms with van der Waals surface area (Å²) in [4.78, 5) is 0. The lowest BCUT2D eigenvalue weighted by Gasteiger charge is -2.09. The van der Waals surface area contributed by atoms with E-state index in [1.54, 1.807) is 6.92 Å². The quantitative estimate of drug-likeness (QED) is 0.808. The average Bonchev–Trinajstić information content (AvgIpc) is 2.76. The second-order valence-corrected chi connectivity index (χ2v) is 6.67. The summed E-state index contributed by atoms with van der Waals surface area (Å²) < 4.78 is 24.7. The lowest BCUT2D eigenvalue weighted by molar-refractivity contribution is 0.587. The van der Waals surface area contributed by atoms with Crippen molar-refractivity contribution >= 4 is 9.84 Å². The average molecular weight is 258 g/mol. The molecule has 1 atom stereocenters. The second kappa shape index (κ2) is 6.21. The number of nitrogens with zero attached hydrogens (tertiary/aromatic N) is 1. The number of nitrogens with one attached hydrogen (secondary N) is 1. The van der Waals surface area contributed by atoms with Gasteiger partial charge in [-0.1, -0.05) is 13.8 Å². The van der Waals surface area contributed by atoms with Crippen molar-refractivity contribution < 1.29 is 8.42 Å². The Morgan fingerprint density at radius 1 is 1.41 bits per heavy atom. The number of rotatable bonds is 7. The van der Waals surface area contributed by atoms with Crippen LogP contribution in [0, 0.1) is 0 Å². The Morgan fingerprint density at radius 2 is 2.12 bits per heavy atom. The van der Waals surface area contributed by atoms with Crippen LogP contribution in [0.4, 0.5) is 0 Å². The van der Waals surface area contributed by atoms with E-state index in [-0.39, 0.29) is 11.5 Å². The van der Waals surface area contributed by atoms with Crippen LogP contribution in [0.1, 0.15) is 32.4 Å². The van der Waals surface area contributed by atoms with Crippen molar-refractivity contribution in [3.63, 3.8) is 0 Å². The summed E-state index contributed by atoms with van der Waals surface area (Å²) in [5.74, 6) is 0.433. The molecule has 1 aromatic heterocycles. The van der Waals surface area contributed by atoms with E-state index >= 15 is 0 Å². The van der Waals surface area contributed by atoms with Crippen LogP contribution in [0.15, 0.2) is 18.5 Å². The van der Waals surface area contributed by atoms with Crippen LogP contribution in [0.3, 0.4) is 0 Å². The molecular weight excluding hydrogens is 236 g/mol. The molecule has 1 heterocycles. The number of hydrogen-bond donors (Lipinski definition) is 1. The molecule has 0 saturated heterocycles. The highest BCUT2D eigenvalue weighted by Crippen LogP contribution is 2.12. The fourth-order valence-electron chi connectivity index (χ4n) is 1.67. The summed E-state index contributed by atoms with van der Waals surface area (Å²) in [6.07, 6.45) is 3.95. The molecule has 0 radical (unpaired) electrons. The van der Waals surface area contributed by atoms with Crippen molar-refractivity contribution in [1.82, 2.24) is 9.88 Å². The van der Waals surface area contributed by atoms with Gasteiger partial charge in [0, 0.05) is 30.7 Å². The van der Waals surface area contributed by atoms with Gasteiger partial charge in [-0.3, -0.25) is 0 Å². The Morgan fingerprint density at radius 3 is 2.71 bits per heavy atom. The summed E-state index contributed by atoms with van der Waals surface area (Å²) >= 11 is 0. The molecule has 98 valence electrons. The van der Waals surface area contributed by atoms with Gasteiger partial charge in [-0.25, -0.2) is 8.42 Å². The van der Waals surface area contributed by atoms with E-state index in [0.29, 0.717) is 12.6 Å². The third-order valence-corrected chi connectivity index (χ3v) is 4.57. The number of aryl methyl sites for hydroxylation is 1. The predicted molar refractivity (Wildman–Crippen MR) is 70.9 cm³/mol. The van der Waals surface area contributed by atoms with Crippen LogP contribution in [-0.4, -0.2) is 31.0 Å².